The van der Waals surface area contributed by atoms with Crippen LogP contribution in [0.4, 0.5) is 5.69 Å². The molecule has 8 nitrogen and oxygen atoms in total. The quantitative estimate of drug-likeness (QED) is 0.725. The van der Waals surface area contributed by atoms with Gasteiger partial charge >= 0.3 is 0 Å². The number of hydrogen-bond donors (Lipinski definition) is 1. The molecule has 1 aliphatic heterocycles. The Hall–Kier alpha value is -3.09. The minimum Gasteiger partial charge on any atom is -0.493 e. The molecule has 0 unspecified atom stereocenters. The van der Waals surface area contributed by atoms with Crippen LogP contribution in [0, 0.1) is 11.3 Å². The minimum atomic E-state index is -3.58. The first-order valence-electron chi connectivity index (χ1n) is 9.55. The molecule has 0 aliphatic carbocycles. The average molecular weight is 429 g/mol. The summed E-state index contributed by atoms with van der Waals surface area (Å²) in [6.45, 7) is 0.726. The molecule has 0 spiro atoms. The van der Waals surface area contributed by atoms with Crippen LogP contribution in [0.25, 0.3) is 0 Å². The van der Waals surface area contributed by atoms with Gasteiger partial charge < -0.3 is 14.8 Å². The van der Waals surface area contributed by atoms with Crippen molar-refractivity contribution in [2.75, 3.05) is 32.1 Å². The van der Waals surface area contributed by atoms with Gasteiger partial charge in [-0.05, 0) is 43.2 Å². The Kier molecular flexibility index (Phi) is 6.92. The molecule has 2 aromatic carbocycles. The number of carbonyl (C=O) groups is 1. The van der Waals surface area contributed by atoms with Gasteiger partial charge in [-0.15, -0.1) is 0 Å². The normalized spacial score (nSPS) is 14.5. The second-order valence-electron chi connectivity index (χ2n) is 6.81. The second kappa shape index (κ2) is 9.61. The third-order valence-corrected chi connectivity index (χ3v) is 6.62. The lowest BCUT2D eigenvalue weighted by Crippen LogP contribution is -2.35. The van der Waals surface area contributed by atoms with Crippen LogP contribution < -0.4 is 14.8 Å². The number of nitrogens with zero attached hydrogens (tertiary/aromatic N) is 2. The zero-order valence-electron chi connectivity index (χ0n) is 16.6. The van der Waals surface area contributed by atoms with Gasteiger partial charge in [-0.2, -0.15) is 9.57 Å². The summed E-state index contributed by atoms with van der Waals surface area (Å²) in [6.07, 6.45) is 2.74. The average Bonchev–Trinajstić information content (AvgIpc) is 2.78. The van der Waals surface area contributed by atoms with Gasteiger partial charge in [0.15, 0.2) is 18.1 Å². The van der Waals surface area contributed by atoms with Crippen LogP contribution in [0.1, 0.15) is 24.8 Å². The highest BCUT2D eigenvalue weighted by Crippen LogP contribution is 2.28. The number of ether oxygens (including phenoxy) is 2. The summed E-state index contributed by atoms with van der Waals surface area (Å²) in [5.41, 5.74) is 0.781. The number of carbonyl (C=O) groups excluding carboxylic acids is 1. The number of piperidine rings is 1. The highest BCUT2D eigenvalue weighted by molar-refractivity contribution is 7.89. The largest absolute Gasteiger partial charge is 0.493 e. The molecule has 2 aromatic rings. The van der Waals surface area contributed by atoms with Crippen molar-refractivity contribution >= 4 is 21.6 Å². The summed E-state index contributed by atoms with van der Waals surface area (Å²) in [6, 6.07) is 12.8. The fraction of sp³-hybridized carbons (Fsp3) is 0.333. The van der Waals surface area contributed by atoms with E-state index in [1.165, 1.54) is 29.6 Å². The lowest BCUT2D eigenvalue weighted by atomic mass is 10.2. The van der Waals surface area contributed by atoms with Gasteiger partial charge in [-0.25, -0.2) is 8.42 Å². The van der Waals surface area contributed by atoms with Crippen molar-refractivity contribution in [3.63, 3.8) is 0 Å². The summed E-state index contributed by atoms with van der Waals surface area (Å²) in [5, 5.41) is 11.6. The molecule has 0 saturated carbocycles. The van der Waals surface area contributed by atoms with E-state index in [1.807, 2.05) is 6.07 Å². The van der Waals surface area contributed by atoms with E-state index >= 15 is 0 Å². The molecule has 1 amide bonds. The third kappa shape index (κ3) is 5.09. The molecule has 30 heavy (non-hydrogen) atoms. The summed E-state index contributed by atoms with van der Waals surface area (Å²) in [4.78, 5) is 12.4. The highest BCUT2D eigenvalue weighted by atomic mass is 32.2. The maximum absolute atomic E-state index is 12.8. The first kappa shape index (κ1) is 21.6. The Balaban J connectivity index is 1.65. The fourth-order valence-electron chi connectivity index (χ4n) is 3.19. The topological polar surface area (TPSA) is 109 Å². The van der Waals surface area contributed by atoms with Crippen LogP contribution in [-0.4, -0.2) is 45.4 Å². The van der Waals surface area contributed by atoms with E-state index in [9.17, 15) is 13.2 Å². The molecule has 3 rings (SSSR count). The summed E-state index contributed by atoms with van der Waals surface area (Å²) >= 11 is 0. The highest BCUT2D eigenvalue weighted by Gasteiger charge is 2.26. The van der Waals surface area contributed by atoms with Gasteiger partial charge in [0.2, 0.25) is 10.0 Å². The Morgan fingerprint density at radius 1 is 1.13 bits per heavy atom. The SMILES string of the molecule is COc1cc(C#N)ccc1OCC(=O)Nc1cccc(S(=O)(=O)N2CCCCC2)c1. The minimum absolute atomic E-state index is 0.150. The van der Waals surface area contributed by atoms with Crippen molar-refractivity contribution in [2.45, 2.75) is 24.2 Å². The number of amides is 1. The van der Waals surface area contributed by atoms with Crippen LogP contribution in [0.2, 0.25) is 0 Å². The lowest BCUT2D eigenvalue weighted by Gasteiger charge is -2.26. The van der Waals surface area contributed by atoms with E-state index in [2.05, 4.69) is 5.32 Å². The van der Waals surface area contributed by atoms with E-state index in [-0.39, 0.29) is 11.5 Å². The second-order valence-corrected chi connectivity index (χ2v) is 8.74. The standard InChI is InChI=1S/C21H23N3O5S/c1-28-20-12-16(14-22)8-9-19(20)29-15-21(25)23-17-6-5-7-18(13-17)30(26,27)24-10-3-2-4-11-24/h5-9,12-13H,2-4,10-11,15H2,1H3,(H,23,25). The van der Waals surface area contributed by atoms with Crippen LogP contribution in [0.5, 0.6) is 11.5 Å². The first-order chi connectivity index (χ1) is 14.4. The zero-order chi connectivity index (χ0) is 21.6. The van der Waals surface area contributed by atoms with Gasteiger partial charge in [0.05, 0.1) is 23.6 Å². The molecule has 0 bridgehead atoms. The zero-order valence-corrected chi connectivity index (χ0v) is 17.4. The molecule has 158 valence electrons. The Bertz CT molecular complexity index is 1060. The molecule has 0 aromatic heterocycles. The van der Waals surface area contributed by atoms with Gasteiger partial charge in [-0.1, -0.05) is 12.5 Å². The van der Waals surface area contributed by atoms with Crippen LogP contribution in [-0.2, 0) is 14.8 Å². The van der Waals surface area contributed by atoms with Crippen molar-refractivity contribution in [2.24, 2.45) is 0 Å². The number of methoxy groups -OCH3 is 1. The van der Waals surface area contributed by atoms with Crippen LogP contribution >= 0.6 is 0 Å². The summed E-state index contributed by atoms with van der Waals surface area (Å²) in [7, 11) is -2.14. The monoisotopic (exact) mass is 429 g/mol. The van der Waals surface area contributed by atoms with Crippen molar-refractivity contribution in [3.8, 4) is 17.6 Å². The molecular formula is C21H23N3O5S. The van der Waals surface area contributed by atoms with Gasteiger partial charge in [0, 0.05) is 24.8 Å². The van der Waals surface area contributed by atoms with Gasteiger partial charge in [0.1, 0.15) is 0 Å². The third-order valence-electron chi connectivity index (χ3n) is 4.72. The molecule has 1 heterocycles. The predicted molar refractivity (Wildman–Crippen MR) is 111 cm³/mol. The molecule has 1 aliphatic rings. The predicted octanol–water partition coefficient (Wildman–Crippen LogP) is 2.76. The number of sulfonamides is 1. The van der Waals surface area contributed by atoms with Gasteiger partial charge in [0.25, 0.3) is 5.91 Å². The van der Waals surface area contributed by atoms with Crippen molar-refractivity contribution in [1.82, 2.24) is 4.31 Å². The molecule has 9 heteroatoms. The van der Waals surface area contributed by atoms with Crippen molar-refractivity contribution in [3.05, 3.63) is 48.0 Å². The van der Waals surface area contributed by atoms with Gasteiger partial charge in [-0.3, -0.25) is 4.79 Å². The molecule has 0 atom stereocenters. The Labute approximate surface area is 176 Å². The molecule has 1 N–H and O–H groups in total. The van der Waals surface area contributed by atoms with Crippen LogP contribution in [0.3, 0.4) is 0 Å². The number of nitrogens with one attached hydrogen (secondary N) is 1. The first-order valence-corrected chi connectivity index (χ1v) is 11.0. The Morgan fingerprint density at radius 2 is 1.90 bits per heavy atom. The lowest BCUT2D eigenvalue weighted by molar-refractivity contribution is -0.118. The summed E-state index contributed by atoms with van der Waals surface area (Å²) < 4.78 is 37.8. The molecule has 0 radical (unpaired) electrons. The van der Waals surface area contributed by atoms with E-state index in [4.69, 9.17) is 14.7 Å². The van der Waals surface area contributed by atoms with E-state index in [0.717, 1.165) is 19.3 Å². The number of rotatable bonds is 7. The smallest absolute Gasteiger partial charge is 0.262 e. The molecular weight excluding hydrogens is 406 g/mol. The van der Waals surface area contributed by atoms with Crippen LogP contribution in [0.15, 0.2) is 47.4 Å². The Morgan fingerprint density at radius 3 is 2.60 bits per heavy atom. The number of hydrogen-bond acceptors (Lipinski definition) is 6. The fourth-order valence-corrected chi connectivity index (χ4v) is 4.75. The maximum atomic E-state index is 12.8. The van der Waals surface area contributed by atoms with E-state index in [1.54, 1.807) is 24.3 Å². The number of anilines is 1. The molecule has 1 saturated heterocycles. The van der Waals surface area contributed by atoms with Crippen molar-refractivity contribution in [1.29, 1.82) is 5.26 Å². The number of nitriles is 1. The maximum Gasteiger partial charge on any atom is 0.262 e. The van der Waals surface area contributed by atoms with E-state index in [0.29, 0.717) is 35.8 Å². The van der Waals surface area contributed by atoms with Crippen molar-refractivity contribution < 1.29 is 22.7 Å². The summed E-state index contributed by atoms with van der Waals surface area (Å²) in [5.74, 6) is 0.221. The molecule has 1 fully saturated rings. The number of benzene rings is 2. The van der Waals surface area contributed by atoms with E-state index < -0.39 is 15.9 Å².